The van der Waals surface area contributed by atoms with Crippen LogP contribution in [0, 0.1) is 20.9 Å². The van der Waals surface area contributed by atoms with Gasteiger partial charge in [0, 0.05) is 0 Å². The largest absolute Gasteiger partial charge is 0.126 e. The minimum Gasteiger partial charge on any atom is -0.126 e. The number of rotatable bonds is 0. The van der Waals surface area contributed by atoms with E-state index in [1.54, 1.807) is 3.81 Å². The zero-order chi connectivity index (χ0) is 15.9. The Balaban J connectivity index is 0.000000219. The molecule has 1 heteroatoms. The molecule has 0 spiro atoms. The van der Waals surface area contributed by atoms with E-state index < -0.39 is 0 Å². The van der Waals surface area contributed by atoms with Crippen molar-refractivity contribution in [1.29, 1.82) is 0 Å². The van der Waals surface area contributed by atoms with E-state index in [9.17, 15) is 0 Å². The van der Waals surface area contributed by atoms with Crippen LogP contribution in [0.15, 0.2) is 72.8 Å². The van der Waals surface area contributed by atoms with E-state index in [0.717, 1.165) is 6.42 Å². The third-order valence-corrected chi connectivity index (χ3v) is 4.85. The van der Waals surface area contributed by atoms with Gasteiger partial charge in [0.05, 0.1) is 0 Å². The molecule has 0 atom stereocenters. The van der Waals surface area contributed by atoms with Crippen molar-refractivity contribution in [3.8, 4) is 0 Å². The summed E-state index contributed by atoms with van der Waals surface area (Å²) >= 11 is 2.23. The standard InChI is InChI=1S/C13H9.C5H5.C4H6.2CH3.Ti/c1-3-7-12-10(5-1)9-11-6-2-4-8-13(11)12;1-2-4-5-3-1;1-2-4-3-1;;;/h1-9H;1-3H,4H2;1-3H2;2*1H3;/q2*-1;;2*-1;. The van der Waals surface area contributed by atoms with Gasteiger partial charge in [-0.15, -0.1) is 46.2 Å². The number of hydrogen-bond donors (Lipinski definition) is 0. The van der Waals surface area contributed by atoms with E-state index in [-0.39, 0.29) is 14.9 Å². The Hall–Kier alpha value is -1.63. The first-order chi connectivity index (χ1) is 11.3. The van der Waals surface area contributed by atoms with Crippen molar-refractivity contribution >= 4 is 25.4 Å². The van der Waals surface area contributed by atoms with Crippen LogP contribution in [-0.4, -0.2) is 3.81 Å². The van der Waals surface area contributed by atoms with Gasteiger partial charge in [-0.2, -0.15) is 6.08 Å². The van der Waals surface area contributed by atoms with E-state index >= 15 is 0 Å². The average molecular weight is 362 g/mol. The zero-order valence-corrected chi connectivity index (χ0v) is 16.8. The summed E-state index contributed by atoms with van der Waals surface area (Å²) in [6.45, 7) is 0. The molecule has 3 aromatic rings. The molecule has 1 fully saturated rings. The minimum atomic E-state index is 0. The SMILES string of the molecule is [C-]1=CC=CC1.[CH3-].[CH3-].[Ti]=[C]1CCC1.c1ccc2c(c1)[cH-]c1ccccc12. The summed E-state index contributed by atoms with van der Waals surface area (Å²) in [4.78, 5) is 0. The predicted molar refractivity (Wildman–Crippen MR) is 110 cm³/mol. The normalized spacial score (nSPS) is 13.6. The van der Waals surface area contributed by atoms with E-state index in [1.165, 1.54) is 40.8 Å². The molecule has 3 aromatic carbocycles. The third-order valence-electron chi connectivity index (χ3n) is 4.07. The topological polar surface area (TPSA) is 0 Å². The van der Waals surface area contributed by atoms with Gasteiger partial charge in [-0.05, 0) is 0 Å². The molecule has 130 valence electrons. The van der Waals surface area contributed by atoms with Crippen LogP contribution in [0.1, 0.15) is 25.7 Å². The molecule has 0 aliphatic heterocycles. The molecule has 2 aliphatic rings. The quantitative estimate of drug-likeness (QED) is 0.304. The Morgan fingerprint density at radius 3 is 1.68 bits per heavy atom. The molecule has 1 saturated carbocycles. The maximum atomic E-state index is 2.99. The van der Waals surface area contributed by atoms with Gasteiger partial charge in [-0.25, -0.2) is 12.2 Å². The first kappa shape index (κ1) is 21.4. The Labute approximate surface area is 164 Å². The molecular formula is C24H26Ti-4. The fraction of sp³-hybridized carbons (Fsp3) is 0.167. The molecular weight excluding hydrogens is 336 g/mol. The second-order valence-electron chi connectivity index (χ2n) is 5.78. The first-order valence-corrected chi connectivity index (χ1v) is 8.94. The van der Waals surface area contributed by atoms with Crippen molar-refractivity contribution in [2.45, 2.75) is 25.7 Å². The predicted octanol–water partition coefficient (Wildman–Crippen LogP) is 6.81. The molecule has 0 nitrogen and oxygen atoms in total. The van der Waals surface area contributed by atoms with Crippen LogP contribution in [-0.2, 0) is 20.0 Å². The van der Waals surface area contributed by atoms with Gasteiger partial charge >= 0.3 is 43.0 Å². The zero-order valence-electron chi connectivity index (χ0n) is 15.3. The van der Waals surface area contributed by atoms with Gasteiger partial charge in [0.1, 0.15) is 0 Å². The smallest absolute Gasteiger partial charge is 0.0771 e. The molecule has 0 bridgehead atoms. The summed E-state index contributed by atoms with van der Waals surface area (Å²) in [6, 6.07) is 19.3. The molecule has 25 heavy (non-hydrogen) atoms. The summed E-state index contributed by atoms with van der Waals surface area (Å²) in [7, 11) is 0. The number of fused-ring (bicyclic) bond motifs is 3. The van der Waals surface area contributed by atoms with Gasteiger partial charge in [-0.3, -0.25) is 6.08 Å². The number of allylic oxidation sites excluding steroid dienone is 4. The summed E-state index contributed by atoms with van der Waals surface area (Å²) < 4.78 is 1.69. The molecule has 2 aliphatic carbocycles. The molecule has 0 amide bonds. The molecule has 0 aromatic heterocycles. The molecule has 0 N–H and O–H groups in total. The Kier molecular flexibility index (Phi) is 9.49. The van der Waals surface area contributed by atoms with Crippen LogP contribution in [0.2, 0.25) is 0 Å². The van der Waals surface area contributed by atoms with Crippen LogP contribution < -0.4 is 0 Å². The van der Waals surface area contributed by atoms with Crippen LogP contribution in [0.25, 0.3) is 21.5 Å². The summed E-state index contributed by atoms with van der Waals surface area (Å²) in [5, 5.41) is 5.39. The van der Waals surface area contributed by atoms with E-state index in [1.807, 2.05) is 12.2 Å². The average Bonchev–Trinajstić information content (AvgIpc) is 3.24. The van der Waals surface area contributed by atoms with Gasteiger partial charge < -0.3 is 14.9 Å². The van der Waals surface area contributed by atoms with E-state index in [0.29, 0.717) is 0 Å². The van der Waals surface area contributed by atoms with Crippen LogP contribution in [0.3, 0.4) is 0 Å². The molecule has 0 saturated heterocycles. The second-order valence-corrected chi connectivity index (χ2v) is 6.88. The monoisotopic (exact) mass is 362 g/mol. The molecule has 0 heterocycles. The van der Waals surface area contributed by atoms with Crippen LogP contribution >= 0.6 is 0 Å². The molecule has 5 rings (SSSR count). The number of hydrogen-bond acceptors (Lipinski definition) is 0. The third kappa shape index (κ3) is 5.99. The van der Waals surface area contributed by atoms with Crippen molar-refractivity contribution in [2.75, 3.05) is 0 Å². The van der Waals surface area contributed by atoms with Crippen molar-refractivity contribution in [2.24, 2.45) is 0 Å². The van der Waals surface area contributed by atoms with Gasteiger partial charge in [0.25, 0.3) is 0 Å². The fourth-order valence-corrected chi connectivity index (χ4v) is 3.15. The molecule has 0 radical (unpaired) electrons. The van der Waals surface area contributed by atoms with Gasteiger partial charge in [0.15, 0.2) is 0 Å². The van der Waals surface area contributed by atoms with Crippen molar-refractivity contribution in [3.63, 3.8) is 0 Å². The van der Waals surface area contributed by atoms with E-state index in [2.05, 4.69) is 86.7 Å². The fourth-order valence-electron chi connectivity index (χ4n) is 2.60. The summed E-state index contributed by atoms with van der Waals surface area (Å²) in [6.07, 6.45) is 14.3. The Morgan fingerprint density at radius 1 is 0.840 bits per heavy atom. The maximum Gasteiger partial charge on any atom is -0.0771 e. The van der Waals surface area contributed by atoms with Gasteiger partial charge in [0.2, 0.25) is 0 Å². The second kappa shape index (κ2) is 11.1. The molecule has 0 unspecified atom stereocenters. The van der Waals surface area contributed by atoms with Crippen LogP contribution in [0.5, 0.6) is 0 Å². The maximum absolute atomic E-state index is 2.99. The van der Waals surface area contributed by atoms with Crippen molar-refractivity contribution < 1.29 is 20.0 Å². The Morgan fingerprint density at radius 2 is 1.36 bits per heavy atom. The number of benzene rings is 2. The summed E-state index contributed by atoms with van der Waals surface area (Å²) in [5.41, 5.74) is 0. The summed E-state index contributed by atoms with van der Waals surface area (Å²) in [5.74, 6) is 0. The van der Waals surface area contributed by atoms with Crippen molar-refractivity contribution in [1.82, 2.24) is 0 Å². The minimum absolute atomic E-state index is 0. The van der Waals surface area contributed by atoms with E-state index in [4.69, 9.17) is 0 Å². The van der Waals surface area contributed by atoms with Gasteiger partial charge in [-0.1, -0.05) is 36.4 Å². The van der Waals surface area contributed by atoms with Crippen molar-refractivity contribution in [3.05, 3.63) is 93.8 Å². The van der Waals surface area contributed by atoms with Crippen LogP contribution in [0.4, 0.5) is 0 Å². The first-order valence-electron chi connectivity index (χ1n) is 8.16. The Bertz CT molecular complexity index is 782.